The van der Waals surface area contributed by atoms with E-state index in [4.69, 9.17) is 5.73 Å². The van der Waals surface area contributed by atoms with Gasteiger partial charge in [-0.25, -0.2) is 0 Å². The average Bonchev–Trinajstić information content (AvgIpc) is 2.81. The van der Waals surface area contributed by atoms with Crippen LogP contribution in [0.3, 0.4) is 0 Å². The Hall–Kier alpha value is -2.14. The predicted octanol–water partition coefficient (Wildman–Crippen LogP) is 1.71. The third-order valence-corrected chi connectivity index (χ3v) is 3.49. The molecule has 0 aliphatic heterocycles. The second-order valence-corrected chi connectivity index (χ2v) is 5.83. The summed E-state index contributed by atoms with van der Waals surface area (Å²) in [6.45, 7) is 6.74. The summed E-state index contributed by atoms with van der Waals surface area (Å²) in [5.74, 6) is -0.137. The lowest BCUT2D eigenvalue weighted by atomic mass is 10.1. The van der Waals surface area contributed by atoms with Gasteiger partial charge in [-0.2, -0.15) is 5.10 Å². The van der Waals surface area contributed by atoms with E-state index in [9.17, 15) is 4.79 Å². The van der Waals surface area contributed by atoms with Crippen molar-refractivity contribution in [3.8, 4) is 0 Å². The van der Waals surface area contributed by atoms with Crippen LogP contribution in [0.25, 0.3) is 0 Å². The molecule has 1 heterocycles. The van der Waals surface area contributed by atoms with Crippen molar-refractivity contribution in [1.29, 1.82) is 0 Å². The Morgan fingerprint density at radius 1 is 1.33 bits per heavy atom. The summed E-state index contributed by atoms with van der Waals surface area (Å²) in [5, 5.41) is 7.24. The van der Waals surface area contributed by atoms with Gasteiger partial charge in [-0.3, -0.25) is 9.48 Å². The van der Waals surface area contributed by atoms with Crippen molar-refractivity contribution in [3.63, 3.8) is 0 Å². The van der Waals surface area contributed by atoms with E-state index >= 15 is 0 Å². The fourth-order valence-electron chi connectivity index (χ4n) is 2.01. The number of aromatic nitrogens is 2. The van der Waals surface area contributed by atoms with Crippen LogP contribution in [0, 0.1) is 6.92 Å². The minimum absolute atomic E-state index is 0.137. The van der Waals surface area contributed by atoms with E-state index in [1.807, 2.05) is 55.8 Å². The number of amides is 1. The maximum atomic E-state index is 12.3. The maximum Gasteiger partial charge on any atom is 0.255 e. The second-order valence-electron chi connectivity index (χ2n) is 5.83. The van der Waals surface area contributed by atoms with Crippen LogP contribution in [0.4, 0.5) is 0 Å². The highest BCUT2D eigenvalue weighted by Gasteiger charge is 2.22. The van der Waals surface area contributed by atoms with Crippen molar-refractivity contribution < 1.29 is 4.79 Å². The van der Waals surface area contributed by atoms with Gasteiger partial charge in [-0.1, -0.05) is 30.3 Å². The summed E-state index contributed by atoms with van der Waals surface area (Å²) in [7, 11) is 0. The number of nitrogens with two attached hydrogens (primary N) is 1. The highest BCUT2D eigenvalue weighted by atomic mass is 16.1. The first kappa shape index (κ1) is 15.3. The highest BCUT2D eigenvalue weighted by Crippen LogP contribution is 2.11. The van der Waals surface area contributed by atoms with Gasteiger partial charge in [0.1, 0.15) is 0 Å². The van der Waals surface area contributed by atoms with E-state index < -0.39 is 5.54 Å². The van der Waals surface area contributed by atoms with Crippen LogP contribution in [0.1, 0.15) is 35.5 Å². The van der Waals surface area contributed by atoms with Gasteiger partial charge in [-0.15, -0.1) is 0 Å². The second kappa shape index (κ2) is 6.10. The lowest BCUT2D eigenvalue weighted by Crippen LogP contribution is -2.48. The Bertz CT molecular complexity index is 616. The largest absolute Gasteiger partial charge is 0.346 e. The Kier molecular flexibility index (Phi) is 4.43. The number of nitrogens with zero attached hydrogens (tertiary/aromatic N) is 2. The average molecular weight is 286 g/mol. The number of nitrogens with one attached hydrogen (secondary N) is 1. The molecule has 0 spiro atoms. The molecule has 112 valence electrons. The molecule has 1 aromatic heterocycles. The molecule has 0 bridgehead atoms. The Labute approximate surface area is 125 Å². The van der Waals surface area contributed by atoms with E-state index in [1.165, 1.54) is 0 Å². The SMILES string of the molecule is Cc1c(C(=O)NC(C)(C)CN)cnn1Cc1ccccc1. The molecule has 0 fully saturated rings. The molecule has 1 aromatic carbocycles. The Morgan fingerprint density at radius 2 is 2.00 bits per heavy atom. The molecule has 5 heteroatoms. The van der Waals surface area contributed by atoms with Crippen LogP contribution in [0.5, 0.6) is 0 Å². The van der Waals surface area contributed by atoms with E-state index in [0.717, 1.165) is 11.3 Å². The lowest BCUT2D eigenvalue weighted by molar-refractivity contribution is 0.0915. The fraction of sp³-hybridized carbons (Fsp3) is 0.375. The summed E-state index contributed by atoms with van der Waals surface area (Å²) >= 11 is 0. The molecule has 1 amide bonds. The van der Waals surface area contributed by atoms with Gasteiger partial charge >= 0.3 is 0 Å². The van der Waals surface area contributed by atoms with Crippen molar-refractivity contribution in [3.05, 3.63) is 53.3 Å². The first-order chi connectivity index (χ1) is 9.93. The van der Waals surface area contributed by atoms with Gasteiger partial charge in [0.25, 0.3) is 5.91 Å². The zero-order valence-electron chi connectivity index (χ0n) is 12.8. The van der Waals surface area contributed by atoms with E-state index in [0.29, 0.717) is 18.7 Å². The first-order valence-electron chi connectivity index (χ1n) is 7.02. The number of rotatable bonds is 5. The molecule has 3 N–H and O–H groups in total. The molecule has 2 aromatic rings. The van der Waals surface area contributed by atoms with Crippen LogP contribution < -0.4 is 11.1 Å². The van der Waals surface area contributed by atoms with Crippen molar-refractivity contribution in [2.45, 2.75) is 32.9 Å². The Balaban J connectivity index is 2.15. The summed E-state index contributed by atoms with van der Waals surface area (Å²) in [4.78, 5) is 12.3. The molecule has 21 heavy (non-hydrogen) atoms. The van der Waals surface area contributed by atoms with E-state index in [1.54, 1.807) is 6.20 Å². The summed E-state index contributed by atoms with van der Waals surface area (Å²) in [5.41, 5.74) is 7.81. The zero-order chi connectivity index (χ0) is 15.5. The van der Waals surface area contributed by atoms with Crippen LogP contribution in [0.15, 0.2) is 36.5 Å². The zero-order valence-corrected chi connectivity index (χ0v) is 12.8. The van der Waals surface area contributed by atoms with Gasteiger partial charge < -0.3 is 11.1 Å². The topological polar surface area (TPSA) is 72.9 Å². The van der Waals surface area contributed by atoms with Gasteiger partial charge in [0, 0.05) is 17.8 Å². The minimum atomic E-state index is -0.426. The molecule has 0 aliphatic carbocycles. The van der Waals surface area contributed by atoms with Crippen molar-refractivity contribution in [1.82, 2.24) is 15.1 Å². The molecule has 0 saturated heterocycles. The molecular weight excluding hydrogens is 264 g/mol. The Morgan fingerprint density at radius 3 is 2.62 bits per heavy atom. The van der Waals surface area contributed by atoms with Crippen LogP contribution >= 0.6 is 0 Å². The molecule has 0 aliphatic rings. The van der Waals surface area contributed by atoms with Gasteiger partial charge in [0.05, 0.1) is 18.3 Å². The van der Waals surface area contributed by atoms with Crippen LogP contribution in [0.2, 0.25) is 0 Å². The monoisotopic (exact) mass is 286 g/mol. The maximum absolute atomic E-state index is 12.3. The minimum Gasteiger partial charge on any atom is -0.346 e. The highest BCUT2D eigenvalue weighted by molar-refractivity contribution is 5.95. The summed E-state index contributed by atoms with van der Waals surface area (Å²) < 4.78 is 1.83. The summed E-state index contributed by atoms with van der Waals surface area (Å²) in [6, 6.07) is 10.0. The third kappa shape index (κ3) is 3.70. The van der Waals surface area contributed by atoms with E-state index in [2.05, 4.69) is 10.4 Å². The number of hydrogen-bond donors (Lipinski definition) is 2. The molecule has 2 rings (SSSR count). The first-order valence-corrected chi connectivity index (χ1v) is 7.02. The molecule has 0 radical (unpaired) electrons. The fourth-order valence-corrected chi connectivity index (χ4v) is 2.01. The molecule has 5 nitrogen and oxygen atoms in total. The van der Waals surface area contributed by atoms with Crippen molar-refractivity contribution in [2.75, 3.05) is 6.54 Å². The quantitative estimate of drug-likeness (QED) is 0.878. The lowest BCUT2D eigenvalue weighted by Gasteiger charge is -2.24. The molecule has 0 atom stereocenters. The number of carbonyl (C=O) groups is 1. The predicted molar refractivity (Wildman–Crippen MR) is 83.1 cm³/mol. The van der Waals surface area contributed by atoms with E-state index in [-0.39, 0.29) is 5.91 Å². The van der Waals surface area contributed by atoms with Crippen molar-refractivity contribution >= 4 is 5.91 Å². The van der Waals surface area contributed by atoms with Gasteiger partial charge in [0.2, 0.25) is 0 Å². The normalized spacial score (nSPS) is 11.4. The number of hydrogen-bond acceptors (Lipinski definition) is 3. The van der Waals surface area contributed by atoms with Crippen LogP contribution in [-0.2, 0) is 6.54 Å². The third-order valence-electron chi connectivity index (χ3n) is 3.49. The van der Waals surface area contributed by atoms with Crippen LogP contribution in [-0.4, -0.2) is 27.8 Å². The summed E-state index contributed by atoms with van der Waals surface area (Å²) in [6.07, 6.45) is 1.61. The standard InChI is InChI=1S/C16H22N4O/c1-12-14(15(21)19-16(2,3)11-17)9-18-20(12)10-13-7-5-4-6-8-13/h4-9H,10-11,17H2,1-3H3,(H,19,21). The molecular formula is C16H22N4O. The number of benzene rings is 1. The van der Waals surface area contributed by atoms with Crippen molar-refractivity contribution in [2.24, 2.45) is 5.73 Å². The van der Waals surface area contributed by atoms with Gasteiger partial charge in [0.15, 0.2) is 0 Å². The number of carbonyl (C=O) groups excluding carboxylic acids is 1. The van der Waals surface area contributed by atoms with Gasteiger partial charge in [-0.05, 0) is 26.3 Å². The molecule has 0 saturated carbocycles. The smallest absolute Gasteiger partial charge is 0.255 e. The molecule has 0 unspecified atom stereocenters.